The van der Waals surface area contributed by atoms with E-state index in [4.69, 9.17) is 4.74 Å². The molecule has 4 heteroatoms. The van der Waals surface area contributed by atoms with Gasteiger partial charge in [0, 0.05) is 23.3 Å². The van der Waals surface area contributed by atoms with Crippen LogP contribution in [0.5, 0.6) is 5.75 Å². The van der Waals surface area contributed by atoms with Gasteiger partial charge < -0.3 is 4.74 Å². The first kappa shape index (κ1) is 13.5. The van der Waals surface area contributed by atoms with Gasteiger partial charge in [0.1, 0.15) is 10.8 Å². The molecule has 1 aromatic carbocycles. The van der Waals surface area contributed by atoms with Crippen LogP contribution in [0.4, 0.5) is 0 Å². The second-order valence-corrected chi connectivity index (χ2v) is 5.31. The molecular weight excluding hydrogens is 280 g/mol. The third-order valence-corrected chi connectivity index (χ3v) is 3.82. The van der Waals surface area contributed by atoms with Crippen molar-refractivity contribution in [1.29, 1.82) is 0 Å². The third-order valence-electron chi connectivity index (χ3n) is 3.01. The van der Waals surface area contributed by atoms with Crippen LogP contribution in [0.2, 0.25) is 0 Å². The van der Waals surface area contributed by atoms with Crippen LogP contribution in [-0.4, -0.2) is 17.1 Å². The highest BCUT2D eigenvalue weighted by Gasteiger charge is 2.03. The Labute approximate surface area is 127 Å². The molecule has 0 saturated heterocycles. The lowest BCUT2D eigenvalue weighted by Gasteiger charge is -2.00. The third kappa shape index (κ3) is 3.35. The summed E-state index contributed by atoms with van der Waals surface area (Å²) in [5.74, 6) is 0.852. The lowest BCUT2D eigenvalue weighted by molar-refractivity contribution is 0.415. The molecule has 0 unspecified atom stereocenters. The molecule has 0 fully saturated rings. The zero-order valence-electron chi connectivity index (χ0n) is 11.6. The van der Waals surface area contributed by atoms with Gasteiger partial charge in [-0.05, 0) is 42.0 Å². The molecule has 21 heavy (non-hydrogen) atoms. The van der Waals surface area contributed by atoms with Crippen molar-refractivity contribution in [3.05, 3.63) is 64.7 Å². The second-order valence-electron chi connectivity index (χ2n) is 4.42. The maximum absolute atomic E-state index is 5.16. The van der Waals surface area contributed by atoms with E-state index in [1.54, 1.807) is 24.6 Å². The fourth-order valence-corrected chi connectivity index (χ4v) is 2.62. The maximum Gasteiger partial charge on any atom is 0.118 e. The van der Waals surface area contributed by atoms with Crippen molar-refractivity contribution in [1.82, 2.24) is 9.97 Å². The van der Waals surface area contributed by atoms with Gasteiger partial charge in [-0.3, -0.25) is 4.98 Å². The van der Waals surface area contributed by atoms with Crippen LogP contribution in [0.1, 0.15) is 10.6 Å². The molecule has 0 N–H and O–H groups in total. The molecule has 3 rings (SSSR count). The number of rotatable bonds is 4. The highest BCUT2D eigenvalue weighted by atomic mass is 32.1. The van der Waals surface area contributed by atoms with E-state index in [1.807, 2.05) is 54.7 Å². The summed E-state index contributed by atoms with van der Waals surface area (Å²) in [6.07, 6.45) is 7.62. The van der Waals surface area contributed by atoms with E-state index >= 15 is 0 Å². The quantitative estimate of drug-likeness (QED) is 0.716. The van der Waals surface area contributed by atoms with Gasteiger partial charge in [-0.25, -0.2) is 4.98 Å². The number of hydrogen-bond donors (Lipinski definition) is 0. The van der Waals surface area contributed by atoms with Gasteiger partial charge in [-0.15, -0.1) is 11.3 Å². The van der Waals surface area contributed by atoms with Crippen molar-refractivity contribution < 1.29 is 4.74 Å². The number of aromatic nitrogens is 2. The molecule has 0 aliphatic heterocycles. The van der Waals surface area contributed by atoms with Crippen LogP contribution < -0.4 is 4.74 Å². The summed E-state index contributed by atoms with van der Waals surface area (Å²) < 4.78 is 5.16. The fraction of sp³-hybridized carbons (Fsp3) is 0.0588. The first-order valence-electron chi connectivity index (χ1n) is 6.53. The Bertz CT molecular complexity index is 733. The Kier molecular flexibility index (Phi) is 4.07. The van der Waals surface area contributed by atoms with Crippen LogP contribution in [-0.2, 0) is 0 Å². The van der Waals surface area contributed by atoms with E-state index < -0.39 is 0 Å². The minimum absolute atomic E-state index is 0.852. The summed E-state index contributed by atoms with van der Waals surface area (Å²) in [7, 11) is 1.67. The lowest BCUT2D eigenvalue weighted by atomic mass is 10.2. The Hall–Kier alpha value is -2.46. The molecule has 0 aliphatic rings. The Balaban J connectivity index is 1.78. The van der Waals surface area contributed by atoms with Gasteiger partial charge >= 0.3 is 0 Å². The molecule has 0 atom stereocenters. The molecule has 2 heterocycles. The van der Waals surface area contributed by atoms with Gasteiger partial charge in [0.2, 0.25) is 0 Å². The van der Waals surface area contributed by atoms with Gasteiger partial charge in [-0.2, -0.15) is 0 Å². The maximum atomic E-state index is 5.16. The Morgan fingerprint density at radius 1 is 1.10 bits per heavy atom. The van der Waals surface area contributed by atoms with Gasteiger partial charge in [0.05, 0.1) is 12.8 Å². The topological polar surface area (TPSA) is 35.0 Å². The first-order chi connectivity index (χ1) is 10.3. The molecular formula is C17H14N2OS. The standard InChI is InChI=1S/C17H14N2OS/c1-20-15-7-5-14(6-8-15)16-12-21-17(19-16)9-4-13-3-2-10-18-11-13/h2-12H,1H3/b9-4+. The van der Waals surface area contributed by atoms with Crippen molar-refractivity contribution in [3.8, 4) is 17.0 Å². The van der Waals surface area contributed by atoms with E-state index in [0.29, 0.717) is 0 Å². The van der Waals surface area contributed by atoms with E-state index in [0.717, 1.165) is 27.6 Å². The zero-order chi connectivity index (χ0) is 14.5. The minimum Gasteiger partial charge on any atom is -0.497 e. The predicted octanol–water partition coefficient (Wildman–Crippen LogP) is 4.38. The summed E-state index contributed by atoms with van der Waals surface area (Å²) >= 11 is 1.62. The van der Waals surface area contributed by atoms with E-state index in [2.05, 4.69) is 15.3 Å². The van der Waals surface area contributed by atoms with Crippen LogP contribution in [0.15, 0.2) is 54.2 Å². The smallest absolute Gasteiger partial charge is 0.118 e. The summed E-state index contributed by atoms with van der Waals surface area (Å²) in [6.45, 7) is 0. The molecule has 3 nitrogen and oxygen atoms in total. The molecule has 2 aromatic heterocycles. The van der Waals surface area contributed by atoms with E-state index in [9.17, 15) is 0 Å². The molecule has 104 valence electrons. The molecule has 0 bridgehead atoms. The number of methoxy groups -OCH3 is 1. The molecule has 0 aliphatic carbocycles. The number of hydrogen-bond acceptors (Lipinski definition) is 4. The Morgan fingerprint density at radius 3 is 2.67 bits per heavy atom. The number of pyridine rings is 1. The fourth-order valence-electron chi connectivity index (χ4n) is 1.90. The molecule has 0 saturated carbocycles. The van der Waals surface area contributed by atoms with Crippen molar-refractivity contribution in [3.63, 3.8) is 0 Å². The van der Waals surface area contributed by atoms with Crippen molar-refractivity contribution in [2.75, 3.05) is 7.11 Å². The van der Waals surface area contributed by atoms with Crippen LogP contribution in [0.3, 0.4) is 0 Å². The van der Waals surface area contributed by atoms with Crippen molar-refractivity contribution in [2.24, 2.45) is 0 Å². The number of thiazole rings is 1. The molecule has 3 aromatic rings. The minimum atomic E-state index is 0.852. The van der Waals surface area contributed by atoms with E-state index in [1.165, 1.54) is 0 Å². The highest BCUT2D eigenvalue weighted by Crippen LogP contribution is 2.24. The largest absolute Gasteiger partial charge is 0.497 e. The number of ether oxygens (including phenoxy) is 1. The SMILES string of the molecule is COc1ccc(-c2csc(/C=C/c3cccnc3)n2)cc1. The number of benzene rings is 1. The monoisotopic (exact) mass is 294 g/mol. The van der Waals surface area contributed by atoms with Gasteiger partial charge in [-0.1, -0.05) is 12.1 Å². The van der Waals surface area contributed by atoms with E-state index in [-0.39, 0.29) is 0 Å². The summed E-state index contributed by atoms with van der Waals surface area (Å²) in [6, 6.07) is 11.9. The summed E-state index contributed by atoms with van der Waals surface area (Å²) in [5.41, 5.74) is 3.14. The van der Waals surface area contributed by atoms with Crippen LogP contribution in [0, 0.1) is 0 Å². The van der Waals surface area contributed by atoms with Crippen LogP contribution in [0.25, 0.3) is 23.4 Å². The van der Waals surface area contributed by atoms with Crippen LogP contribution >= 0.6 is 11.3 Å². The molecule has 0 amide bonds. The Morgan fingerprint density at radius 2 is 1.95 bits per heavy atom. The lowest BCUT2D eigenvalue weighted by Crippen LogP contribution is -1.82. The van der Waals surface area contributed by atoms with Crippen molar-refractivity contribution >= 4 is 23.5 Å². The molecule has 0 radical (unpaired) electrons. The number of nitrogens with zero attached hydrogens (tertiary/aromatic N) is 2. The van der Waals surface area contributed by atoms with Crippen molar-refractivity contribution in [2.45, 2.75) is 0 Å². The summed E-state index contributed by atoms with van der Waals surface area (Å²) in [5, 5.41) is 3.04. The highest BCUT2D eigenvalue weighted by molar-refractivity contribution is 7.10. The molecule has 0 spiro atoms. The normalized spacial score (nSPS) is 10.9. The predicted molar refractivity (Wildman–Crippen MR) is 87.3 cm³/mol. The first-order valence-corrected chi connectivity index (χ1v) is 7.41. The zero-order valence-corrected chi connectivity index (χ0v) is 12.4. The average molecular weight is 294 g/mol. The van der Waals surface area contributed by atoms with Gasteiger partial charge in [0.25, 0.3) is 0 Å². The second kappa shape index (κ2) is 6.33. The van der Waals surface area contributed by atoms with Gasteiger partial charge in [0.15, 0.2) is 0 Å². The summed E-state index contributed by atoms with van der Waals surface area (Å²) in [4.78, 5) is 8.71. The average Bonchev–Trinajstić information content (AvgIpc) is 3.03.